The summed E-state index contributed by atoms with van der Waals surface area (Å²) in [6.45, 7) is 3.10. The Kier molecular flexibility index (Phi) is 3.32. The van der Waals surface area contributed by atoms with Crippen molar-refractivity contribution in [1.29, 1.82) is 0 Å². The van der Waals surface area contributed by atoms with Crippen LogP contribution in [-0.2, 0) is 0 Å². The average Bonchev–Trinajstić information content (AvgIpc) is 2.70. The lowest BCUT2D eigenvalue weighted by Gasteiger charge is -2.23. The molecule has 0 saturated heterocycles. The monoisotopic (exact) mass is 219 g/mol. The van der Waals surface area contributed by atoms with Crippen LogP contribution in [0.3, 0.4) is 0 Å². The molecule has 0 spiro atoms. The maximum atomic E-state index is 5.99. The number of pyridine rings is 1. The van der Waals surface area contributed by atoms with Gasteiger partial charge in [-0.25, -0.2) is 4.98 Å². The fourth-order valence-electron chi connectivity index (χ4n) is 2.57. The quantitative estimate of drug-likeness (QED) is 0.849. The third-order valence-electron chi connectivity index (χ3n) is 3.40. The first-order valence-electron chi connectivity index (χ1n) is 6.10. The van der Waals surface area contributed by atoms with Crippen LogP contribution < -0.4 is 10.6 Å². The molecule has 0 unspecified atom stereocenters. The van der Waals surface area contributed by atoms with E-state index in [2.05, 4.69) is 16.9 Å². The SMILES string of the molecule is Cc1cnc(N(C)CC2CCCC2)c(N)c1. The molecule has 0 radical (unpaired) electrons. The maximum absolute atomic E-state index is 5.99. The van der Waals surface area contributed by atoms with Gasteiger partial charge in [-0.05, 0) is 37.3 Å². The lowest BCUT2D eigenvalue weighted by atomic mass is 10.1. The minimum atomic E-state index is 0.792. The van der Waals surface area contributed by atoms with E-state index in [0.29, 0.717) is 0 Å². The Morgan fingerprint density at radius 1 is 1.44 bits per heavy atom. The van der Waals surface area contributed by atoms with E-state index in [0.717, 1.165) is 29.5 Å². The van der Waals surface area contributed by atoms with Crippen LogP contribution >= 0.6 is 0 Å². The molecule has 1 heterocycles. The van der Waals surface area contributed by atoms with E-state index >= 15 is 0 Å². The molecule has 0 aliphatic heterocycles. The summed E-state index contributed by atoms with van der Waals surface area (Å²) >= 11 is 0. The molecule has 0 atom stereocenters. The van der Waals surface area contributed by atoms with E-state index in [4.69, 9.17) is 5.73 Å². The van der Waals surface area contributed by atoms with Crippen LogP contribution in [0.15, 0.2) is 12.3 Å². The molecule has 0 aromatic carbocycles. The summed E-state index contributed by atoms with van der Waals surface area (Å²) < 4.78 is 0. The van der Waals surface area contributed by atoms with Crippen molar-refractivity contribution in [3.8, 4) is 0 Å². The summed E-state index contributed by atoms with van der Waals surface area (Å²) in [5.74, 6) is 1.75. The summed E-state index contributed by atoms with van der Waals surface area (Å²) in [6.07, 6.45) is 7.37. The first-order chi connectivity index (χ1) is 7.66. The van der Waals surface area contributed by atoms with Crippen LogP contribution in [0.4, 0.5) is 11.5 Å². The molecule has 0 amide bonds. The maximum Gasteiger partial charge on any atom is 0.151 e. The number of aryl methyl sites for hydroxylation is 1. The predicted octanol–water partition coefficient (Wildman–Crippen LogP) is 2.60. The number of aromatic nitrogens is 1. The van der Waals surface area contributed by atoms with Crippen molar-refractivity contribution < 1.29 is 0 Å². The predicted molar refractivity (Wildman–Crippen MR) is 68.6 cm³/mol. The molecule has 2 rings (SSSR count). The largest absolute Gasteiger partial charge is 0.396 e. The Balaban J connectivity index is 2.04. The van der Waals surface area contributed by atoms with Crippen molar-refractivity contribution in [3.63, 3.8) is 0 Å². The third kappa shape index (κ3) is 2.46. The van der Waals surface area contributed by atoms with Gasteiger partial charge >= 0.3 is 0 Å². The second-order valence-electron chi connectivity index (χ2n) is 4.96. The molecule has 16 heavy (non-hydrogen) atoms. The number of anilines is 2. The summed E-state index contributed by atoms with van der Waals surface area (Å²) in [5.41, 5.74) is 7.91. The van der Waals surface area contributed by atoms with E-state index < -0.39 is 0 Å². The van der Waals surface area contributed by atoms with E-state index in [9.17, 15) is 0 Å². The van der Waals surface area contributed by atoms with Gasteiger partial charge < -0.3 is 10.6 Å². The minimum Gasteiger partial charge on any atom is -0.396 e. The standard InChI is InChI=1S/C13H21N3/c1-10-7-12(14)13(15-8-10)16(2)9-11-5-3-4-6-11/h7-8,11H,3-6,9,14H2,1-2H3. The molecule has 88 valence electrons. The van der Waals surface area contributed by atoms with Gasteiger partial charge in [0.15, 0.2) is 5.82 Å². The van der Waals surface area contributed by atoms with Gasteiger partial charge in [0.25, 0.3) is 0 Å². The number of rotatable bonds is 3. The summed E-state index contributed by atoms with van der Waals surface area (Å²) in [4.78, 5) is 6.62. The molecular weight excluding hydrogens is 198 g/mol. The van der Waals surface area contributed by atoms with Gasteiger partial charge in [0, 0.05) is 19.8 Å². The molecule has 3 heteroatoms. The first kappa shape index (κ1) is 11.2. The number of nitrogens with two attached hydrogens (primary N) is 1. The van der Waals surface area contributed by atoms with Crippen molar-refractivity contribution >= 4 is 11.5 Å². The minimum absolute atomic E-state index is 0.792. The second kappa shape index (κ2) is 4.73. The fourth-order valence-corrected chi connectivity index (χ4v) is 2.57. The van der Waals surface area contributed by atoms with Crippen LogP contribution in [0.25, 0.3) is 0 Å². The Morgan fingerprint density at radius 2 is 2.12 bits per heavy atom. The lowest BCUT2D eigenvalue weighted by Crippen LogP contribution is -2.25. The second-order valence-corrected chi connectivity index (χ2v) is 4.96. The van der Waals surface area contributed by atoms with Crippen molar-refractivity contribution in [2.75, 3.05) is 24.2 Å². The zero-order valence-electron chi connectivity index (χ0n) is 10.2. The number of hydrogen-bond acceptors (Lipinski definition) is 3. The van der Waals surface area contributed by atoms with Gasteiger partial charge in [-0.15, -0.1) is 0 Å². The van der Waals surface area contributed by atoms with E-state index in [1.54, 1.807) is 0 Å². The van der Waals surface area contributed by atoms with Crippen LogP contribution in [-0.4, -0.2) is 18.6 Å². The highest BCUT2D eigenvalue weighted by atomic mass is 15.2. The van der Waals surface area contributed by atoms with Crippen LogP contribution in [0.2, 0.25) is 0 Å². The molecule has 2 N–H and O–H groups in total. The lowest BCUT2D eigenvalue weighted by molar-refractivity contribution is 0.545. The van der Waals surface area contributed by atoms with Gasteiger partial charge in [-0.2, -0.15) is 0 Å². The highest BCUT2D eigenvalue weighted by molar-refractivity contribution is 5.62. The number of hydrogen-bond donors (Lipinski definition) is 1. The van der Waals surface area contributed by atoms with Gasteiger partial charge in [0.05, 0.1) is 5.69 Å². The molecule has 1 fully saturated rings. The topological polar surface area (TPSA) is 42.2 Å². The van der Waals surface area contributed by atoms with Crippen molar-refractivity contribution in [3.05, 3.63) is 17.8 Å². The normalized spacial score (nSPS) is 16.6. The summed E-state index contributed by atoms with van der Waals surface area (Å²) in [7, 11) is 2.09. The highest BCUT2D eigenvalue weighted by Gasteiger charge is 2.18. The van der Waals surface area contributed by atoms with Gasteiger partial charge in [-0.3, -0.25) is 0 Å². The van der Waals surface area contributed by atoms with E-state index in [1.807, 2.05) is 19.2 Å². The first-order valence-corrected chi connectivity index (χ1v) is 6.10. The molecule has 1 aliphatic carbocycles. The molecule has 1 aromatic heterocycles. The molecule has 1 aliphatic rings. The summed E-state index contributed by atoms with van der Waals surface area (Å²) in [5, 5.41) is 0. The van der Waals surface area contributed by atoms with Crippen molar-refractivity contribution in [2.24, 2.45) is 5.92 Å². The molecule has 1 aromatic rings. The van der Waals surface area contributed by atoms with Gasteiger partial charge in [0.2, 0.25) is 0 Å². The van der Waals surface area contributed by atoms with Gasteiger partial charge in [-0.1, -0.05) is 12.8 Å². The van der Waals surface area contributed by atoms with E-state index in [-0.39, 0.29) is 0 Å². The fraction of sp³-hybridized carbons (Fsp3) is 0.615. The summed E-state index contributed by atoms with van der Waals surface area (Å²) in [6, 6.07) is 1.99. The zero-order chi connectivity index (χ0) is 11.5. The molecule has 0 bridgehead atoms. The Hall–Kier alpha value is -1.25. The van der Waals surface area contributed by atoms with E-state index in [1.165, 1.54) is 25.7 Å². The number of nitrogen functional groups attached to an aromatic ring is 1. The smallest absolute Gasteiger partial charge is 0.151 e. The van der Waals surface area contributed by atoms with Crippen molar-refractivity contribution in [2.45, 2.75) is 32.6 Å². The molecular formula is C13H21N3. The van der Waals surface area contributed by atoms with Crippen molar-refractivity contribution in [1.82, 2.24) is 4.98 Å². The third-order valence-corrected chi connectivity index (χ3v) is 3.40. The van der Waals surface area contributed by atoms with Gasteiger partial charge in [0.1, 0.15) is 0 Å². The Bertz CT molecular complexity index is 356. The molecule has 3 nitrogen and oxygen atoms in total. The Morgan fingerprint density at radius 3 is 2.75 bits per heavy atom. The highest BCUT2D eigenvalue weighted by Crippen LogP contribution is 2.28. The zero-order valence-corrected chi connectivity index (χ0v) is 10.2. The molecule has 1 saturated carbocycles. The van der Waals surface area contributed by atoms with Crippen LogP contribution in [0.5, 0.6) is 0 Å². The average molecular weight is 219 g/mol. The Labute approximate surface area is 97.7 Å². The van der Waals surface area contributed by atoms with Crippen LogP contribution in [0, 0.1) is 12.8 Å². The number of nitrogens with zero attached hydrogens (tertiary/aromatic N) is 2. The van der Waals surface area contributed by atoms with Crippen LogP contribution in [0.1, 0.15) is 31.2 Å².